The van der Waals surface area contributed by atoms with E-state index in [0.717, 1.165) is 56.2 Å². The SMILES string of the molecule is COC(=O)c1sc(C#CC(C)(C)C)cc1N(C(=O)C1CCC(C)CC1)C1CCC(Br)CC1. The molecule has 6 heteroatoms. The van der Waals surface area contributed by atoms with E-state index in [1.54, 1.807) is 0 Å². The zero-order valence-electron chi connectivity index (χ0n) is 20.0. The summed E-state index contributed by atoms with van der Waals surface area (Å²) >= 11 is 5.08. The lowest BCUT2D eigenvalue weighted by Crippen LogP contribution is -2.46. The monoisotopic (exact) mass is 521 g/mol. The number of methoxy groups -OCH3 is 1. The largest absolute Gasteiger partial charge is 0.465 e. The number of carbonyl (C=O) groups excluding carboxylic acids is 2. The summed E-state index contributed by atoms with van der Waals surface area (Å²) in [7, 11) is 1.40. The zero-order valence-corrected chi connectivity index (χ0v) is 22.4. The molecule has 0 unspecified atom stereocenters. The van der Waals surface area contributed by atoms with E-state index >= 15 is 0 Å². The predicted octanol–water partition coefficient (Wildman–Crippen LogP) is 6.80. The fourth-order valence-electron chi connectivity index (χ4n) is 4.60. The van der Waals surface area contributed by atoms with Crippen LogP contribution < -0.4 is 4.90 Å². The Labute approximate surface area is 205 Å². The Morgan fingerprint density at radius 3 is 2.28 bits per heavy atom. The van der Waals surface area contributed by atoms with Crippen molar-refractivity contribution in [2.24, 2.45) is 17.3 Å². The van der Waals surface area contributed by atoms with Gasteiger partial charge in [0.1, 0.15) is 4.88 Å². The molecule has 1 amide bonds. The first-order valence-electron chi connectivity index (χ1n) is 11.8. The highest BCUT2D eigenvalue weighted by molar-refractivity contribution is 9.09. The van der Waals surface area contributed by atoms with Crippen LogP contribution in [0.1, 0.15) is 93.6 Å². The molecule has 2 aliphatic rings. The molecule has 1 heterocycles. The molecule has 4 nitrogen and oxygen atoms in total. The minimum absolute atomic E-state index is 0.0300. The van der Waals surface area contributed by atoms with E-state index in [9.17, 15) is 9.59 Å². The number of hydrogen-bond acceptors (Lipinski definition) is 4. The summed E-state index contributed by atoms with van der Waals surface area (Å²) in [6.07, 6.45) is 7.98. The molecule has 0 radical (unpaired) electrons. The van der Waals surface area contributed by atoms with Crippen LogP contribution in [-0.4, -0.2) is 29.9 Å². The van der Waals surface area contributed by atoms with Crippen LogP contribution in [0.4, 0.5) is 5.69 Å². The fraction of sp³-hybridized carbons (Fsp3) is 0.692. The standard InChI is InChI=1S/C26H36BrNO3S/c1-17-6-8-18(9-7-17)24(29)28(20-12-10-19(27)11-13-20)22-16-21(14-15-26(2,3)4)32-23(22)25(30)31-5/h16-20H,6-13H2,1-5H3. The number of alkyl halides is 1. The number of esters is 1. The molecular weight excluding hydrogens is 486 g/mol. The molecule has 1 aromatic heterocycles. The molecule has 2 fully saturated rings. The van der Waals surface area contributed by atoms with Crippen LogP contribution in [-0.2, 0) is 9.53 Å². The maximum absolute atomic E-state index is 13.9. The Kier molecular flexibility index (Phi) is 8.49. The second-order valence-corrected chi connectivity index (χ2v) is 12.7. The second kappa shape index (κ2) is 10.7. The summed E-state index contributed by atoms with van der Waals surface area (Å²) in [6.45, 7) is 8.46. The normalized spacial score (nSPS) is 26.1. The van der Waals surface area contributed by atoms with Gasteiger partial charge in [0.2, 0.25) is 5.91 Å². The zero-order chi connectivity index (χ0) is 23.5. The molecule has 1 aromatic rings. The van der Waals surface area contributed by atoms with Crippen molar-refractivity contribution in [1.29, 1.82) is 0 Å². The van der Waals surface area contributed by atoms with Crippen molar-refractivity contribution < 1.29 is 14.3 Å². The Bertz CT molecular complexity index is 875. The van der Waals surface area contributed by atoms with Gasteiger partial charge in [0.05, 0.1) is 17.7 Å². The predicted molar refractivity (Wildman–Crippen MR) is 136 cm³/mol. The smallest absolute Gasteiger partial charge is 0.350 e. The van der Waals surface area contributed by atoms with Gasteiger partial charge in [-0.1, -0.05) is 34.7 Å². The third-order valence-corrected chi connectivity index (χ3v) is 8.43. The van der Waals surface area contributed by atoms with Gasteiger partial charge >= 0.3 is 5.97 Å². The summed E-state index contributed by atoms with van der Waals surface area (Å²) in [5.41, 5.74) is 0.555. The average Bonchev–Trinajstić information content (AvgIpc) is 3.17. The summed E-state index contributed by atoms with van der Waals surface area (Å²) in [5, 5.41) is 0. The highest BCUT2D eigenvalue weighted by Crippen LogP contribution is 2.39. The molecule has 0 aromatic carbocycles. The first-order valence-corrected chi connectivity index (χ1v) is 13.5. The van der Waals surface area contributed by atoms with Gasteiger partial charge in [-0.05, 0) is 84.1 Å². The maximum Gasteiger partial charge on any atom is 0.350 e. The first-order chi connectivity index (χ1) is 15.1. The number of carbonyl (C=O) groups is 2. The molecule has 2 aliphatic carbocycles. The molecule has 0 aliphatic heterocycles. The van der Waals surface area contributed by atoms with Crippen LogP contribution in [0.25, 0.3) is 0 Å². The highest BCUT2D eigenvalue weighted by Gasteiger charge is 2.37. The summed E-state index contributed by atoms with van der Waals surface area (Å²) in [5.74, 6) is 6.98. The molecule has 3 rings (SSSR count). The molecule has 0 bridgehead atoms. The van der Waals surface area contributed by atoms with Gasteiger partial charge in [-0.2, -0.15) is 0 Å². The van der Waals surface area contributed by atoms with Gasteiger partial charge in [-0.3, -0.25) is 4.79 Å². The lowest BCUT2D eigenvalue weighted by Gasteiger charge is -2.38. The summed E-state index contributed by atoms with van der Waals surface area (Å²) in [6, 6.07) is 2.05. The van der Waals surface area contributed by atoms with Crippen LogP contribution in [0.15, 0.2) is 6.07 Å². The van der Waals surface area contributed by atoms with E-state index in [0.29, 0.717) is 21.3 Å². The number of amides is 1. The van der Waals surface area contributed by atoms with Crippen LogP contribution in [0.2, 0.25) is 0 Å². The molecule has 176 valence electrons. The van der Waals surface area contributed by atoms with Crippen LogP contribution >= 0.6 is 27.3 Å². The minimum atomic E-state index is -0.391. The van der Waals surface area contributed by atoms with E-state index in [1.807, 2.05) is 11.0 Å². The first kappa shape index (κ1) is 25.3. The van der Waals surface area contributed by atoms with E-state index in [4.69, 9.17) is 4.74 Å². The van der Waals surface area contributed by atoms with Gasteiger partial charge in [0, 0.05) is 22.2 Å². The minimum Gasteiger partial charge on any atom is -0.465 e. The van der Waals surface area contributed by atoms with E-state index in [-0.39, 0.29) is 23.3 Å². The lowest BCUT2D eigenvalue weighted by molar-refractivity contribution is -0.124. The fourth-order valence-corrected chi connectivity index (χ4v) is 6.05. The van der Waals surface area contributed by atoms with Crippen molar-refractivity contribution in [2.45, 2.75) is 89.9 Å². The van der Waals surface area contributed by atoms with Gasteiger partial charge < -0.3 is 9.64 Å². The molecule has 32 heavy (non-hydrogen) atoms. The van der Waals surface area contributed by atoms with E-state index in [1.165, 1.54) is 18.4 Å². The van der Waals surface area contributed by atoms with Crippen molar-refractivity contribution in [1.82, 2.24) is 0 Å². The number of nitrogens with zero attached hydrogens (tertiary/aromatic N) is 1. The quantitative estimate of drug-likeness (QED) is 0.248. The van der Waals surface area contributed by atoms with E-state index in [2.05, 4.69) is 55.5 Å². The molecule has 0 saturated heterocycles. The number of halogens is 1. The maximum atomic E-state index is 13.9. The molecule has 0 N–H and O–H groups in total. The molecule has 0 spiro atoms. The lowest BCUT2D eigenvalue weighted by atomic mass is 9.81. The third-order valence-electron chi connectivity index (χ3n) is 6.50. The van der Waals surface area contributed by atoms with Crippen LogP contribution in [0.5, 0.6) is 0 Å². The molecule has 0 atom stereocenters. The Morgan fingerprint density at radius 2 is 1.72 bits per heavy atom. The topological polar surface area (TPSA) is 46.6 Å². The Hall–Kier alpha value is -1.32. The summed E-state index contributed by atoms with van der Waals surface area (Å²) in [4.78, 5) is 30.4. The van der Waals surface area contributed by atoms with Gasteiger partial charge in [-0.25, -0.2) is 4.79 Å². The highest BCUT2D eigenvalue weighted by atomic mass is 79.9. The van der Waals surface area contributed by atoms with Crippen molar-refractivity contribution in [3.05, 3.63) is 15.8 Å². The van der Waals surface area contributed by atoms with Gasteiger partial charge in [0.15, 0.2) is 0 Å². The van der Waals surface area contributed by atoms with Gasteiger partial charge in [-0.15, -0.1) is 11.3 Å². The molecule has 2 saturated carbocycles. The number of ether oxygens (including phenoxy) is 1. The van der Waals surface area contributed by atoms with Crippen LogP contribution in [0, 0.1) is 29.1 Å². The third kappa shape index (κ3) is 6.38. The van der Waals surface area contributed by atoms with Crippen molar-refractivity contribution in [3.63, 3.8) is 0 Å². The van der Waals surface area contributed by atoms with Crippen LogP contribution in [0.3, 0.4) is 0 Å². The summed E-state index contributed by atoms with van der Waals surface area (Å²) < 4.78 is 5.11. The Balaban J connectivity index is 2.02. The average molecular weight is 523 g/mol. The van der Waals surface area contributed by atoms with E-state index < -0.39 is 5.97 Å². The molecular formula is C26H36BrNO3S. The Morgan fingerprint density at radius 1 is 1.09 bits per heavy atom. The number of anilines is 1. The van der Waals surface area contributed by atoms with Crippen molar-refractivity contribution in [3.8, 4) is 11.8 Å². The van der Waals surface area contributed by atoms with Crippen molar-refractivity contribution in [2.75, 3.05) is 12.0 Å². The van der Waals surface area contributed by atoms with Crippen molar-refractivity contribution >= 4 is 44.8 Å². The number of hydrogen-bond donors (Lipinski definition) is 0. The second-order valence-electron chi connectivity index (χ2n) is 10.4. The van der Waals surface area contributed by atoms with Gasteiger partial charge in [0.25, 0.3) is 0 Å². The number of thiophene rings is 1. The number of rotatable bonds is 4.